The van der Waals surface area contributed by atoms with E-state index in [0.29, 0.717) is 37.4 Å². The lowest BCUT2D eigenvalue weighted by molar-refractivity contribution is -0.120. The van der Waals surface area contributed by atoms with Gasteiger partial charge in [-0.15, -0.1) is 0 Å². The molecule has 1 aliphatic heterocycles. The van der Waals surface area contributed by atoms with E-state index in [2.05, 4.69) is 5.32 Å². The third-order valence-electron chi connectivity index (χ3n) is 5.19. The Labute approximate surface area is 192 Å². The van der Waals surface area contributed by atoms with Gasteiger partial charge in [-0.3, -0.25) is 4.79 Å². The van der Waals surface area contributed by atoms with Crippen LogP contribution in [0, 0.1) is 5.92 Å². The monoisotopic (exact) mass is 480 g/mol. The molecule has 1 saturated heterocycles. The van der Waals surface area contributed by atoms with Crippen LogP contribution < -0.4 is 10.1 Å². The van der Waals surface area contributed by atoms with Gasteiger partial charge < -0.3 is 14.8 Å². The molecule has 0 spiro atoms. The van der Waals surface area contributed by atoms with Crippen LogP contribution in [-0.2, 0) is 19.6 Å². The number of methoxy groups -OCH3 is 1. The fourth-order valence-electron chi connectivity index (χ4n) is 3.55. The number of nitrogens with zero attached hydrogens (tertiary/aromatic N) is 1. The maximum atomic E-state index is 13.2. The summed E-state index contributed by atoms with van der Waals surface area (Å²) in [4.78, 5) is 24.9. The Kier molecular flexibility index (Phi) is 7.76. The van der Waals surface area contributed by atoms with Crippen LogP contribution in [0.2, 0.25) is 5.02 Å². The Morgan fingerprint density at radius 3 is 2.66 bits per heavy atom. The fourth-order valence-corrected chi connectivity index (χ4v) is 5.40. The first-order chi connectivity index (χ1) is 15.3. The first-order valence-electron chi connectivity index (χ1n) is 10.2. The van der Waals surface area contributed by atoms with Crippen molar-refractivity contribution in [2.45, 2.75) is 24.7 Å². The lowest BCUT2D eigenvalue weighted by atomic mass is 9.98. The molecule has 1 fully saturated rings. The number of benzene rings is 2. The number of piperidine rings is 1. The number of rotatable bonds is 7. The molecule has 3 rings (SSSR count). The lowest BCUT2D eigenvalue weighted by Crippen LogP contribution is -2.43. The number of ether oxygens (including phenoxy) is 2. The largest absolute Gasteiger partial charge is 0.492 e. The minimum atomic E-state index is -3.84. The molecule has 0 aromatic heterocycles. The molecule has 1 N–H and O–H groups in total. The van der Waals surface area contributed by atoms with E-state index in [0.717, 1.165) is 0 Å². The van der Waals surface area contributed by atoms with Crippen LogP contribution in [0.1, 0.15) is 30.1 Å². The summed E-state index contributed by atoms with van der Waals surface area (Å²) in [6.45, 7) is 2.55. The van der Waals surface area contributed by atoms with Crippen LogP contribution in [0.4, 0.5) is 5.69 Å². The summed E-state index contributed by atoms with van der Waals surface area (Å²) in [5, 5.41) is 2.95. The predicted octanol–water partition coefficient (Wildman–Crippen LogP) is 3.56. The minimum Gasteiger partial charge on any atom is -0.492 e. The highest BCUT2D eigenvalue weighted by Gasteiger charge is 2.34. The molecule has 1 aliphatic rings. The summed E-state index contributed by atoms with van der Waals surface area (Å²) < 4.78 is 37.7. The maximum Gasteiger partial charge on any atom is 0.339 e. The van der Waals surface area contributed by atoms with Gasteiger partial charge in [-0.1, -0.05) is 23.7 Å². The number of para-hydroxylation sites is 1. The van der Waals surface area contributed by atoms with Crippen molar-refractivity contribution in [1.29, 1.82) is 0 Å². The number of sulfonamides is 1. The number of carbonyl (C=O) groups excluding carboxylic acids is 2. The summed E-state index contributed by atoms with van der Waals surface area (Å²) in [5.41, 5.74) is 0.551. The van der Waals surface area contributed by atoms with Gasteiger partial charge in [0.25, 0.3) is 0 Å². The molecule has 0 bridgehead atoms. The van der Waals surface area contributed by atoms with Crippen LogP contribution in [0.25, 0.3) is 0 Å². The second-order valence-corrected chi connectivity index (χ2v) is 9.60. The van der Waals surface area contributed by atoms with Crippen molar-refractivity contribution in [3.63, 3.8) is 0 Å². The van der Waals surface area contributed by atoms with Crippen molar-refractivity contribution in [3.8, 4) is 5.75 Å². The molecule has 32 heavy (non-hydrogen) atoms. The molecule has 0 saturated carbocycles. The Morgan fingerprint density at radius 2 is 1.97 bits per heavy atom. The van der Waals surface area contributed by atoms with E-state index in [1.54, 1.807) is 24.3 Å². The van der Waals surface area contributed by atoms with Gasteiger partial charge in [0.1, 0.15) is 5.75 Å². The first kappa shape index (κ1) is 24.0. The second kappa shape index (κ2) is 10.3. The highest BCUT2D eigenvalue weighted by molar-refractivity contribution is 7.89. The summed E-state index contributed by atoms with van der Waals surface area (Å²) in [5.74, 6) is -1.08. The SMILES string of the molecule is CCOc1ccc(S(=O)(=O)N2CCC[C@@H](C(=O)Nc3ccccc3C(=O)OC)C2)cc1Cl. The molecule has 8 nitrogen and oxygen atoms in total. The van der Waals surface area contributed by atoms with Crippen LogP contribution >= 0.6 is 11.6 Å². The van der Waals surface area contributed by atoms with E-state index in [1.807, 2.05) is 6.92 Å². The predicted molar refractivity (Wildman–Crippen MR) is 121 cm³/mol. The number of carbonyl (C=O) groups is 2. The molecule has 2 aromatic carbocycles. The van der Waals surface area contributed by atoms with E-state index < -0.39 is 21.9 Å². The van der Waals surface area contributed by atoms with Crippen LogP contribution in [0.5, 0.6) is 5.75 Å². The summed E-state index contributed by atoms with van der Waals surface area (Å²) in [7, 11) is -2.58. The van der Waals surface area contributed by atoms with Gasteiger partial charge >= 0.3 is 5.97 Å². The average molecular weight is 481 g/mol. The summed E-state index contributed by atoms with van der Waals surface area (Å²) >= 11 is 6.17. The zero-order chi connectivity index (χ0) is 23.3. The second-order valence-electron chi connectivity index (χ2n) is 7.25. The Bertz CT molecular complexity index is 1110. The third kappa shape index (κ3) is 5.23. The zero-order valence-electron chi connectivity index (χ0n) is 17.8. The molecule has 2 aromatic rings. The van der Waals surface area contributed by atoms with Crippen molar-refractivity contribution in [2.24, 2.45) is 5.92 Å². The Hall–Kier alpha value is -2.62. The number of halogens is 1. The number of amides is 1. The fraction of sp³-hybridized carbons (Fsp3) is 0.364. The highest BCUT2D eigenvalue weighted by Crippen LogP contribution is 2.31. The van der Waals surface area contributed by atoms with Gasteiger partial charge in [0.15, 0.2) is 0 Å². The molecule has 1 atom stereocenters. The van der Waals surface area contributed by atoms with Gasteiger partial charge in [-0.2, -0.15) is 4.31 Å². The van der Waals surface area contributed by atoms with Gasteiger partial charge in [0.2, 0.25) is 15.9 Å². The molecule has 172 valence electrons. The van der Waals surface area contributed by atoms with E-state index in [4.69, 9.17) is 21.1 Å². The highest BCUT2D eigenvalue weighted by atomic mass is 35.5. The van der Waals surface area contributed by atoms with Crippen molar-refractivity contribution in [1.82, 2.24) is 4.31 Å². The van der Waals surface area contributed by atoms with E-state index in [1.165, 1.54) is 29.6 Å². The molecular weight excluding hydrogens is 456 g/mol. The quantitative estimate of drug-likeness (QED) is 0.608. The molecule has 1 amide bonds. The van der Waals surface area contributed by atoms with Crippen molar-refractivity contribution in [3.05, 3.63) is 53.1 Å². The number of anilines is 1. The first-order valence-corrected chi connectivity index (χ1v) is 12.0. The van der Waals surface area contributed by atoms with Crippen molar-refractivity contribution in [2.75, 3.05) is 32.1 Å². The minimum absolute atomic E-state index is 0.0272. The molecule has 1 heterocycles. The Balaban J connectivity index is 1.76. The summed E-state index contributed by atoms with van der Waals surface area (Å²) in [6, 6.07) is 10.8. The zero-order valence-corrected chi connectivity index (χ0v) is 19.4. The maximum absolute atomic E-state index is 13.2. The topological polar surface area (TPSA) is 102 Å². The molecule has 0 unspecified atom stereocenters. The van der Waals surface area contributed by atoms with Gasteiger partial charge in [-0.25, -0.2) is 13.2 Å². The van der Waals surface area contributed by atoms with E-state index in [9.17, 15) is 18.0 Å². The molecule has 10 heteroatoms. The molecule has 0 aliphatic carbocycles. The number of esters is 1. The number of hydrogen-bond acceptors (Lipinski definition) is 6. The number of nitrogens with one attached hydrogen (secondary N) is 1. The average Bonchev–Trinajstić information content (AvgIpc) is 2.80. The third-order valence-corrected chi connectivity index (χ3v) is 7.34. The van der Waals surface area contributed by atoms with E-state index >= 15 is 0 Å². The lowest BCUT2D eigenvalue weighted by Gasteiger charge is -2.31. The van der Waals surface area contributed by atoms with E-state index in [-0.39, 0.29) is 27.9 Å². The van der Waals surface area contributed by atoms with Crippen LogP contribution in [0.3, 0.4) is 0 Å². The summed E-state index contributed by atoms with van der Waals surface area (Å²) in [6.07, 6.45) is 1.06. The molecule has 0 radical (unpaired) electrons. The van der Waals surface area contributed by atoms with Gasteiger partial charge in [-0.05, 0) is 50.1 Å². The molecular formula is C22H25ClN2O6S. The van der Waals surface area contributed by atoms with Crippen LogP contribution in [-0.4, -0.2) is 51.4 Å². The standard InChI is InChI=1S/C22H25ClN2O6S/c1-3-31-20-11-10-16(13-18(20)23)32(28,29)25-12-6-7-15(14-25)21(26)24-19-9-5-4-8-17(19)22(27)30-2/h4-5,8-11,13,15H,3,6-7,12,14H2,1-2H3,(H,24,26)/t15-/m1/s1. The van der Waals surface area contributed by atoms with Gasteiger partial charge in [0, 0.05) is 13.1 Å². The number of hydrogen-bond donors (Lipinski definition) is 1. The van der Waals surface area contributed by atoms with Crippen molar-refractivity contribution < 1.29 is 27.5 Å². The smallest absolute Gasteiger partial charge is 0.339 e. The normalized spacial score (nSPS) is 16.9. The van der Waals surface area contributed by atoms with Crippen LogP contribution in [0.15, 0.2) is 47.4 Å². The Morgan fingerprint density at radius 1 is 1.22 bits per heavy atom. The van der Waals surface area contributed by atoms with Crippen molar-refractivity contribution >= 4 is 39.2 Å². The van der Waals surface area contributed by atoms with Gasteiger partial charge in [0.05, 0.1) is 40.8 Å².